The summed E-state index contributed by atoms with van der Waals surface area (Å²) in [5, 5.41) is 14.8. The minimum absolute atomic E-state index is 0.141. The van der Waals surface area contributed by atoms with Gasteiger partial charge in [0.05, 0.1) is 6.33 Å². The molecule has 4 unspecified atom stereocenters. The summed E-state index contributed by atoms with van der Waals surface area (Å²) in [5.41, 5.74) is 1.08. The number of rotatable bonds is 9. The van der Waals surface area contributed by atoms with Crippen molar-refractivity contribution in [2.75, 3.05) is 18.5 Å². The van der Waals surface area contributed by atoms with Gasteiger partial charge in [0.1, 0.15) is 48.4 Å². The number of carbonyl (C=O) groups is 2. The number of imidazole rings is 1. The third-order valence-electron chi connectivity index (χ3n) is 6.91. The maximum Gasteiger partial charge on any atom is 0.342 e. The van der Waals surface area contributed by atoms with Crippen LogP contribution in [0.15, 0.2) is 67.3 Å². The quantitative estimate of drug-likeness (QED) is 0.263. The first-order valence-electron chi connectivity index (χ1n) is 13.5. The van der Waals surface area contributed by atoms with Gasteiger partial charge in [-0.1, -0.05) is 42.5 Å². The van der Waals surface area contributed by atoms with Gasteiger partial charge >= 0.3 is 12.0 Å². The minimum Gasteiger partial charge on any atom is -0.490 e. The molecule has 2 aliphatic rings. The lowest BCUT2D eigenvalue weighted by Gasteiger charge is -2.21. The number of hydrogen-bond acceptors (Lipinski definition) is 9. The molecular weight excluding hydrogens is 563 g/mol. The maximum atomic E-state index is 14.2. The van der Waals surface area contributed by atoms with Gasteiger partial charge in [0.15, 0.2) is 29.5 Å². The van der Waals surface area contributed by atoms with Crippen LogP contribution in [0.5, 0.6) is 5.75 Å². The Hall–Kier alpha value is -4.92. The molecule has 13 nitrogen and oxygen atoms in total. The van der Waals surface area contributed by atoms with E-state index in [2.05, 4.69) is 25.6 Å². The minimum atomic E-state index is -1.45. The van der Waals surface area contributed by atoms with E-state index in [9.17, 15) is 19.1 Å². The molecule has 14 heteroatoms. The molecule has 5 atom stereocenters. The highest BCUT2D eigenvalue weighted by molar-refractivity contribution is 5.95. The largest absolute Gasteiger partial charge is 0.490 e. The number of nitrogens with one attached hydrogen (secondary N) is 2. The molecule has 3 N–H and O–H groups in total. The summed E-state index contributed by atoms with van der Waals surface area (Å²) in [6.07, 6.45) is 2.87. The van der Waals surface area contributed by atoms with E-state index in [4.69, 9.17) is 18.9 Å². The number of aromatic nitrogens is 4. The van der Waals surface area contributed by atoms with Crippen molar-refractivity contribution in [1.82, 2.24) is 24.8 Å². The van der Waals surface area contributed by atoms with Gasteiger partial charge < -0.3 is 29.4 Å². The number of urea groups is 1. The van der Waals surface area contributed by atoms with Crippen molar-refractivity contribution in [2.24, 2.45) is 0 Å². The third kappa shape index (κ3) is 5.75. The number of hydrogen-bond donors (Lipinski definition) is 3. The molecule has 0 saturated carbocycles. The molecule has 222 valence electrons. The van der Waals surface area contributed by atoms with E-state index >= 15 is 0 Å². The van der Waals surface area contributed by atoms with Crippen LogP contribution >= 0.6 is 0 Å². The normalized spacial score (nSPS) is 23.0. The van der Waals surface area contributed by atoms with Gasteiger partial charge in [0, 0.05) is 6.54 Å². The van der Waals surface area contributed by atoms with Crippen LogP contribution in [0.3, 0.4) is 0 Å². The molecule has 43 heavy (non-hydrogen) atoms. The molecule has 2 saturated heterocycles. The van der Waals surface area contributed by atoms with Crippen LogP contribution in [0.25, 0.3) is 17.2 Å². The lowest BCUT2D eigenvalue weighted by molar-refractivity contribution is -0.131. The Kier molecular flexibility index (Phi) is 7.96. The highest BCUT2D eigenvalue weighted by Crippen LogP contribution is 2.41. The van der Waals surface area contributed by atoms with Crippen molar-refractivity contribution in [3.63, 3.8) is 0 Å². The molecule has 2 aromatic heterocycles. The molecule has 4 heterocycles. The van der Waals surface area contributed by atoms with Crippen molar-refractivity contribution >= 4 is 35.1 Å². The molecule has 0 spiro atoms. The molecule has 2 aromatic carbocycles. The van der Waals surface area contributed by atoms with Crippen LogP contribution in [0.1, 0.15) is 29.1 Å². The van der Waals surface area contributed by atoms with Crippen LogP contribution < -0.4 is 15.4 Å². The zero-order valence-electron chi connectivity index (χ0n) is 22.8. The van der Waals surface area contributed by atoms with Gasteiger partial charge in [-0.3, -0.25) is 9.88 Å². The Balaban J connectivity index is 1.28. The standard InChI is InChI=1S/C29H27FN6O7/c1-2-31-29(39)35-25-22-26(33-14-32-25)36(15-34-22)27-24-23(42-20(43-24)12-11-16-7-4-3-5-8-16)19(41-27)13-40-18-10-6-9-17(30)21(18)28(37)38/h3-12,14-15,19-20,23-24,27H,2,13H2,1H3,(H,37,38)(H2,31,32,33,35,39)/b12-11+/t19?,20-,23?,24?,27?/m0/s1. The molecular formula is C29H27FN6O7. The average Bonchev–Trinajstić information content (AvgIpc) is 3.70. The number of carbonyl (C=O) groups excluding carboxylic acids is 1. The van der Waals surface area contributed by atoms with Crippen molar-refractivity contribution < 1.29 is 38.0 Å². The number of ether oxygens (including phenoxy) is 4. The van der Waals surface area contributed by atoms with E-state index in [0.29, 0.717) is 17.7 Å². The molecule has 0 radical (unpaired) electrons. The summed E-state index contributed by atoms with van der Waals surface area (Å²) in [7, 11) is 0. The zero-order valence-corrected chi connectivity index (χ0v) is 22.8. The lowest BCUT2D eigenvalue weighted by Crippen LogP contribution is -2.33. The van der Waals surface area contributed by atoms with E-state index in [0.717, 1.165) is 11.6 Å². The second kappa shape index (κ2) is 12.1. The van der Waals surface area contributed by atoms with E-state index < -0.39 is 54.2 Å². The number of nitrogens with zero attached hydrogens (tertiary/aromatic N) is 4. The van der Waals surface area contributed by atoms with E-state index in [1.54, 1.807) is 17.6 Å². The van der Waals surface area contributed by atoms with E-state index in [-0.39, 0.29) is 18.2 Å². The second-order valence-electron chi connectivity index (χ2n) is 9.66. The number of halogens is 1. The van der Waals surface area contributed by atoms with Crippen molar-refractivity contribution in [1.29, 1.82) is 0 Å². The fourth-order valence-electron chi connectivity index (χ4n) is 5.01. The summed E-state index contributed by atoms with van der Waals surface area (Å²) in [4.78, 5) is 36.7. The number of amides is 2. The van der Waals surface area contributed by atoms with Crippen LogP contribution in [0.4, 0.5) is 15.0 Å². The lowest BCUT2D eigenvalue weighted by atomic mass is 10.1. The van der Waals surface area contributed by atoms with Crippen LogP contribution in [-0.2, 0) is 14.2 Å². The molecule has 6 rings (SSSR count). The monoisotopic (exact) mass is 590 g/mol. The predicted octanol–water partition coefficient (Wildman–Crippen LogP) is 3.60. The first-order valence-corrected chi connectivity index (χ1v) is 13.5. The van der Waals surface area contributed by atoms with Crippen LogP contribution in [-0.4, -0.2) is 74.4 Å². The SMILES string of the molecule is CCNC(=O)Nc1ncnc2c1ncn2C1OC(COc2cccc(F)c2C(=O)O)C2O[C@H](/C=C/c3ccccc3)OC21. The molecule has 2 amide bonds. The Bertz CT molecular complexity index is 1670. The first-order chi connectivity index (χ1) is 20.9. The van der Waals surface area contributed by atoms with Crippen molar-refractivity contribution in [3.8, 4) is 5.75 Å². The van der Waals surface area contributed by atoms with E-state index in [1.165, 1.54) is 24.8 Å². The smallest absolute Gasteiger partial charge is 0.342 e. The first kappa shape index (κ1) is 28.2. The molecule has 0 bridgehead atoms. The van der Waals surface area contributed by atoms with Crippen molar-refractivity contribution in [3.05, 3.63) is 84.2 Å². The van der Waals surface area contributed by atoms with Gasteiger partial charge in [0.25, 0.3) is 0 Å². The fourth-order valence-corrected chi connectivity index (χ4v) is 5.01. The Morgan fingerprint density at radius 3 is 2.67 bits per heavy atom. The van der Waals surface area contributed by atoms with Crippen LogP contribution in [0, 0.1) is 5.82 Å². The van der Waals surface area contributed by atoms with Gasteiger partial charge in [-0.2, -0.15) is 0 Å². The number of carboxylic acids is 1. The average molecular weight is 591 g/mol. The highest BCUT2D eigenvalue weighted by atomic mass is 19.1. The summed E-state index contributed by atoms with van der Waals surface area (Å²) < 4.78 is 40.5. The predicted molar refractivity (Wildman–Crippen MR) is 150 cm³/mol. The van der Waals surface area contributed by atoms with E-state index in [1.807, 2.05) is 36.4 Å². The second-order valence-corrected chi connectivity index (χ2v) is 9.66. The van der Waals surface area contributed by atoms with Crippen LogP contribution in [0.2, 0.25) is 0 Å². The topological polar surface area (TPSA) is 159 Å². The molecule has 0 aliphatic carbocycles. The summed E-state index contributed by atoms with van der Waals surface area (Å²) in [6.45, 7) is 2.06. The Morgan fingerprint density at radius 1 is 1.07 bits per heavy atom. The number of anilines is 1. The maximum absolute atomic E-state index is 14.2. The zero-order chi connectivity index (χ0) is 29.9. The van der Waals surface area contributed by atoms with Gasteiger partial charge in [-0.25, -0.2) is 28.9 Å². The molecule has 2 aliphatic heterocycles. The number of carboxylic acid groups (broad SMARTS) is 1. The van der Waals surface area contributed by atoms with Gasteiger partial charge in [0.2, 0.25) is 0 Å². The summed E-state index contributed by atoms with van der Waals surface area (Å²) >= 11 is 0. The van der Waals surface area contributed by atoms with Gasteiger partial charge in [-0.05, 0) is 30.7 Å². The third-order valence-corrected chi connectivity index (χ3v) is 6.91. The fraction of sp³-hybridized carbons (Fsp3) is 0.276. The highest BCUT2D eigenvalue weighted by Gasteiger charge is 2.53. The molecule has 2 fully saturated rings. The summed E-state index contributed by atoms with van der Waals surface area (Å²) in [6, 6.07) is 13.0. The van der Waals surface area contributed by atoms with Gasteiger partial charge in [-0.15, -0.1) is 0 Å². The summed E-state index contributed by atoms with van der Waals surface area (Å²) in [5.74, 6) is -2.30. The van der Waals surface area contributed by atoms with Crippen molar-refractivity contribution in [2.45, 2.75) is 37.8 Å². The Morgan fingerprint density at radius 2 is 1.88 bits per heavy atom. The number of fused-ring (bicyclic) bond motifs is 2. The molecule has 4 aromatic rings. The number of aromatic carboxylic acids is 1. The number of benzene rings is 2. The Labute approximate surface area is 244 Å².